The zero-order valence-electron chi connectivity index (χ0n) is 10.9. The molecule has 1 aromatic carbocycles. The predicted molar refractivity (Wildman–Crippen MR) is 67.6 cm³/mol. The SMILES string of the molecule is CCCC(C)(C)NC(=O)c1cc(C)ccc1F. The molecule has 0 fully saturated rings. The molecule has 1 rings (SSSR count). The number of rotatable bonds is 4. The summed E-state index contributed by atoms with van der Waals surface area (Å²) in [6.45, 7) is 7.79. The van der Waals surface area contributed by atoms with E-state index in [1.165, 1.54) is 6.07 Å². The first kappa shape index (κ1) is 13.7. The standard InChI is InChI=1S/C14H20FNO/c1-5-8-14(3,4)16-13(17)11-9-10(2)6-7-12(11)15/h6-7,9H,5,8H2,1-4H3,(H,16,17). The van der Waals surface area contributed by atoms with Gasteiger partial charge in [0.15, 0.2) is 0 Å². The fraction of sp³-hybridized carbons (Fsp3) is 0.500. The minimum atomic E-state index is -0.472. The molecule has 0 atom stereocenters. The number of carbonyl (C=O) groups is 1. The Bertz CT molecular complexity index is 413. The van der Waals surface area contributed by atoms with Gasteiger partial charge >= 0.3 is 0 Å². The summed E-state index contributed by atoms with van der Waals surface area (Å²) < 4.78 is 13.5. The molecule has 0 aliphatic rings. The summed E-state index contributed by atoms with van der Waals surface area (Å²) in [7, 11) is 0. The summed E-state index contributed by atoms with van der Waals surface area (Å²) in [5, 5.41) is 2.86. The van der Waals surface area contributed by atoms with Crippen molar-refractivity contribution in [1.82, 2.24) is 5.32 Å². The largest absolute Gasteiger partial charge is 0.347 e. The Balaban J connectivity index is 2.86. The Hall–Kier alpha value is -1.38. The zero-order chi connectivity index (χ0) is 13.1. The van der Waals surface area contributed by atoms with Gasteiger partial charge in [0, 0.05) is 5.54 Å². The third-order valence-corrected chi connectivity index (χ3v) is 2.69. The molecule has 0 unspecified atom stereocenters. The van der Waals surface area contributed by atoms with Crippen LogP contribution in [0.4, 0.5) is 4.39 Å². The summed E-state index contributed by atoms with van der Waals surface area (Å²) in [5.41, 5.74) is 0.696. The topological polar surface area (TPSA) is 29.1 Å². The van der Waals surface area contributed by atoms with Crippen LogP contribution in [0.15, 0.2) is 18.2 Å². The second-order valence-electron chi connectivity index (χ2n) is 5.07. The molecule has 94 valence electrons. The Labute approximate surface area is 102 Å². The fourth-order valence-corrected chi connectivity index (χ4v) is 1.88. The van der Waals surface area contributed by atoms with E-state index in [1.54, 1.807) is 12.1 Å². The van der Waals surface area contributed by atoms with Crippen molar-refractivity contribution in [1.29, 1.82) is 0 Å². The average molecular weight is 237 g/mol. The Morgan fingerprint density at radius 1 is 1.41 bits per heavy atom. The van der Waals surface area contributed by atoms with Crippen LogP contribution in [-0.2, 0) is 0 Å². The molecule has 0 radical (unpaired) electrons. The van der Waals surface area contributed by atoms with Gasteiger partial charge in [0.2, 0.25) is 0 Å². The molecule has 17 heavy (non-hydrogen) atoms. The van der Waals surface area contributed by atoms with Crippen molar-refractivity contribution in [3.63, 3.8) is 0 Å². The van der Waals surface area contributed by atoms with E-state index in [0.717, 1.165) is 18.4 Å². The van der Waals surface area contributed by atoms with Gasteiger partial charge in [0.1, 0.15) is 5.82 Å². The Morgan fingerprint density at radius 3 is 2.65 bits per heavy atom. The van der Waals surface area contributed by atoms with Crippen LogP contribution in [0.2, 0.25) is 0 Å². The van der Waals surface area contributed by atoms with E-state index < -0.39 is 5.82 Å². The smallest absolute Gasteiger partial charge is 0.254 e. The van der Waals surface area contributed by atoms with Crippen LogP contribution < -0.4 is 5.32 Å². The van der Waals surface area contributed by atoms with Gasteiger partial charge in [-0.15, -0.1) is 0 Å². The Kier molecular flexibility index (Phi) is 4.27. The maximum atomic E-state index is 13.5. The highest BCUT2D eigenvalue weighted by molar-refractivity contribution is 5.95. The van der Waals surface area contributed by atoms with Gasteiger partial charge in [-0.05, 0) is 39.3 Å². The quantitative estimate of drug-likeness (QED) is 0.854. The van der Waals surface area contributed by atoms with Crippen molar-refractivity contribution in [2.24, 2.45) is 0 Å². The second kappa shape index (κ2) is 5.30. The van der Waals surface area contributed by atoms with E-state index in [0.29, 0.717) is 0 Å². The van der Waals surface area contributed by atoms with Gasteiger partial charge in [-0.25, -0.2) is 4.39 Å². The monoisotopic (exact) mass is 237 g/mol. The van der Waals surface area contributed by atoms with E-state index in [9.17, 15) is 9.18 Å². The molecule has 0 aliphatic carbocycles. The van der Waals surface area contributed by atoms with Crippen LogP contribution in [0.5, 0.6) is 0 Å². The summed E-state index contributed by atoms with van der Waals surface area (Å²) in [6, 6.07) is 4.56. The average Bonchev–Trinajstić information content (AvgIpc) is 2.20. The summed E-state index contributed by atoms with van der Waals surface area (Å²) in [4.78, 5) is 12.0. The molecular formula is C14H20FNO. The molecule has 0 bridgehead atoms. The molecular weight excluding hydrogens is 217 g/mol. The van der Waals surface area contributed by atoms with Crippen molar-refractivity contribution < 1.29 is 9.18 Å². The number of carbonyl (C=O) groups excluding carboxylic acids is 1. The van der Waals surface area contributed by atoms with E-state index in [2.05, 4.69) is 12.2 Å². The number of hydrogen-bond donors (Lipinski definition) is 1. The molecule has 3 heteroatoms. The Morgan fingerprint density at radius 2 is 2.06 bits per heavy atom. The number of nitrogens with one attached hydrogen (secondary N) is 1. The van der Waals surface area contributed by atoms with Crippen molar-refractivity contribution in [3.8, 4) is 0 Å². The zero-order valence-corrected chi connectivity index (χ0v) is 10.9. The molecule has 0 saturated heterocycles. The summed E-state index contributed by atoms with van der Waals surface area (Å²) in [5.74, 6) is -0.815. The van der Waals surface area contributed by atoms with E-state index in [4.69, 9.17) is 0 Å². The van der Waals surface area contributed by atoms with Crippen LogP contribution in [0.3, 0.4) is 0 Å². The van der Waals surface area contributed by atoms with Crippen molar-refractivity contribution in [3.05, 3.63) is 35.1 Å². The van der Waals surface area contributed by atoms with Crippen molar-refractivity contribution in [2.45, 2.75) is 46.1 Å². The first-order valence-corrected chi connectivity index (χ1v) is 5.94. The molecule has 0 heterocycles. The molecule has 0 saturated carbocycles. The fourth-order valence-electron chi connectivity index (χ4n) is 1.88. The van der Waals surface area contributed by atoms with Crippen LogP contribution in [-0.4, -0.2) is 11.4 Å². The van der Waals surface area contributed by atoms with Crippen molar-refractivity contribution in [2.75, 3.05) is 0 Å². The normalized spacial score (nSPS) is 11.4. The van der Waals surface area contributed by atoms with Gasteiger partial charge in [0.05, 0.1) is 5.56 Å². The lowest BCUT2D eigenvalue weighted by Crippen LogP contribution is -2.43. The van der Waals surface area contributed by atoms with Crippen LogP contribution in [0.1, 0.15) is 49.5 Å². The molecule has 0 aliphatic heterocycles. The molecule has 1 N–H and O–H groups in total. The first-order chi connectivity index (χ1) is 7.85. The number of aryl methyl sites for hydroxylation is 1. The van der Waals surface area contributed by atoms with Gasteiger partial charge in [0.25, 0.3) is 5.91 Å². The number of halogens is 1. The minimum Gasteiger partial charge on any atom is -0.347 e. The summed E-state index contributed by atoms with van der Waals surface area (Å²) >= 11 is 0. The maximum absolute atomic E-state index is 13.5. The highest BCUT2D eigenvalue weighted by Gasteiger charge is 2.21. The number of hydrogen-bond acceptors (Lipinski definition) is 1. The van der Waals surface area contributed by atoms with Crippen LogP contribution in [0, 0.1) is 12.7 Å². The van der Waals surface area contributed by atoms with Gasteiger partial charge in [-0.1, -0.05) is 25.0 Å². The molecule has 1 amide bonds. The van der Waals surface area contributed by atoms with Gasteiger partial charge in [-0.2, -0.15) is 0 Å². The van der Waals surface area contributed by atoms with E-state index in [-0.39, 0.29) is 17.0 Å². The highest BCUT2D eigenvalue weighted by atomic mass is 19.1. The lowest BCUT2D eigenvalue weighted by Gasteiger charge is -2.25. The van der Waals surface area contributed by atoms with Crippen LogP contribution in [0.25, 0.3) is 0 Å². The summed E-state index contributed by atoms with van der Waals surface area (Å²) in [6.07, 6.45) is 1.84. The van der Waals surface area contributed by atoms with E-state index >= 15 is 0 Å². The molecule has 1 aromatic rings. The molecule has 0 aromatic heterocycles. The second-order valence-corrected chi connectivity index (χ2v) is 5.07. The van der Waals surface area contributed by atoms with Crippen LogP contribution >= 0.6 is 0 Å². The third-order valence-electron chi connectivity index (χ3n) is 2.69. The highest BCUT2D eigenvalue weighted by Crippen LogP contribution is 2.15. The number of benzene rings is 1. The third kappa shape index (κ3) is 3.84. The first-order valence-electron chi connectivity index (χ1n) is 5.94. The molecule has 0 spiro atoms. The number of amides is 1. The lowest BCUT2D eigenvalue weighted by molar-refractivity contribution is 0.0905. The van der Waals surface area contributed by atoms with Gasteiger partial charge in [-0.3, -0.25) is 4.79 Å². The van der Waals surface area contributed by atoms with Crippen molar-refractivity contribution >= 4 is 5.91 Å². The predicted octanol–water partition coefficient (Wildman–Crippen LogP) is 3.44. The minimum absolute atomic E-state index is 0.120. The maximum Gasteiger partial charge on any atom is 0.254 e. The van der Waals surface area contributed by atoms with Gasteiger partial charge < -0.3 is 5.32 Å². The lowest BCUT2D eigenvalue weighted by atomic mass is 9.98. The molecule has 2 nitrogen and oxygen atoms in total. The van der Waals surface area contributed by atoms with E-state index in [1.807, 2.05) is 20.8 Å².